The first-order valence-corrected chi connectivity index (χ1v) is 10.3. The van der Waals surface area contributed by atoms with Crippen molar-refractivity contribution in [3.05, 3.63) is 65.6 Å². The van der Waals surface area contributed by atoms with Crippen LogP contribution in [0, 0.1) is 0 Å². The molecule has 0 saturated carbocycles. The molecule has 0 N–H and O–H groups in total. The zero-order valence-electron chi connectivity index (χ0n) is 15.2. The zero-order valence-corrected chi connectivity index (χ0v) is 16.0. The molecule has 0 bridgehead atoms. The van der Waals surface area contributed by atoms with E-state index in [0.717, 1.165) is 0 Å². The van der Waals surface area contributed by atoms with Gasteiger partial charge >= 0.3 is 0 Å². The summed E-state index contributed by atoms with van der Waals surface area (Å²) in [5.41, 5.74) is 1.05. The van der Waals surface area contributed by atoms with Gasteiger partial charge in [-0.2, -0.15) is 0 Å². The molecule has 1 heterocycles. The minimum atomic E-state index is -3.31. The number of hydrogen-bond donors (Lipinski definition) is 0. The third-order valence-corrected chi connectivity index (χ3v) is 5.60. The van der Waals surface area contributed by atoms with Gasteiger partial charge in [-0.05, 0) is 61.5 Å². The second kappa shape index (κ2) is 7.84. The molecule has 1 aliphatic rings. The molecule has 2 aromatic rings. The van der Waals surface area contributed by atoms with Gasteiger partial charge in [0.2, 0.25) is 0 Å². The Morgan fingerprint density at radius 2 is 1.70 bits per heavy atom. The number of sulfone groups is 1. The van der Waals surface area contributed by atoms with Gasteiger partial charge in [-0.15, -0.1) is 0 Å². The van der Waals surface area contributed by atoms with Crippen LogP contribution in [0.4, 0.5) is 5.69 Å². The van der Waals surface area contributed by atoms with Crippen LogP contribution < -0.4 is 14.4 Å². The van der Waals surface area contributed by atoms with Crippen LogP contribution >= 0.6 is 0 Å². The SMILES string of the molecule is CCOc1ccc(N(C(=O)c2ccc(OC)cc2)C2C=CS(=O)(=O)C2)cc1. The van der Waals surface area contributed by atoms with Crippen LogP contribution in [0.2, 0.25) is 0 Å². The van der Waals surface area contributed by atoms with E-state index in [-0.39, 0.29) is 11.7 Å². The standard InChI is InChI=1S/C20H21NO5S/c1-3-26-19-10-6-16(7-11-19)21(17-12-13-27(23,24)14-17)20(22)15-4-8-18(25-2)9-5-15/h4-13,17H,3,14H2,1-2H3. The van der Waals surface area contributed by atoms with Crippen LogP contribution in [0.1, 0.15) is 17.3 Å². The highest BCUT2D eigenvalue weighted by Gasteiger charge is 2.32. The van der Waals surface area contributed by atoms with Crippen LogP contribution in [0.25, 0.3) is 0 Å². The first-order chi connectivity index (χ1) is 12.9. The molecule has 0 radical (unpaired) electrons. The fourth-order valence-corrected chi connectivity index (χ4v) is 4.19. The van der Waals surface area contributed by atoms with Gasteiger partial charge in [-0.3, -0.25) is 4.79 Å². The molecule has 6 nitrogen and oxygen atoms in total. The quantitative estimate of drug-likeness (QED) is 0.762. The molecule has 1 atom stereocenters. The van der Waals surface area contributed by atoms with E-state index < -0.39 is 15.9 Å². The van der Waals surface area contributed by atoms with E-state index in [2.05, 4.69) is 0 Å². The van der Waals surface area contributed by atoms with Gasteiger partial charge in [-0.25, -0.2) is 8.42 Å². The lowest BCUT2D eigenvalue weighted by Gasteiger charge is -2.28. The number of carbonyl (C=O) groups is 1. The molecule has 2 aromatic carbocycles. The van der Waals surface area contributed by atoms with E-state index >= 15 is 0 Å². The van der Waals surface area contributed by atoms with Crippen LogP contribution in [0.15, 0.2) is 60.0 Å². The molecule has 1 unspecified atom stereocenters. The van der Waals surface area contributed by atoms with Gasteiger partial charge in [0.25, 0.3) is 5.91 Å². The number of amides is 1. The van der Waals surface area contributed by atoms with Crippen molar-refractivity contribution in [3.63, 3.8) is 0 Å². The largest absolute Gasteiger partial charge is 0.497 e. The number of benzene rings is 2. The summed E-state index contributed by atoms with van der Waals surface area (Å²) in [5.74, 6) is 0.908. The highest BCUT2D eigenvalue weighted by molar-refractivity contribution is 7.94. The fraction of sp³-hybridized carbons (Fsp3) is 0.250. The minimum Gasteiger partial charge on any atom is -0.497 e. The Labute approximate surface area is 158 Å². The predicted octanol–water partition coefficient (Wildman–Crippen LogP) is 3.05. The summed E-state index contributed by atoms with van der Waals surface area (Å²) in [6, 6.07) is 13.2. The summed E-state index contributed by atoms with van der Waals surface area (Å²) in [7, 11) is -1.76. The smallest absolute Gasteiger partial charge is 0.258 e. The molecule has 0 saturated heterocycles. The molecule has 1 amide bonds. The lowest BCUT2D eigenvalue weighted by Crippen LogP contribution is -2.41. The Kier molecular flexibility index (Phi) is 5.51. The normalized spacial score (nSPS) is 17.5. The van der Waals surface area contributed by atoms with Crippen molar-refractivity contribution in [3.8, 4) is 11.5 Å². The van der Waals surface area contributed by atoms with E-state index in [1.165, 1.54) is 10.3 Å². The first kappa shape index (κ1) is 19.0. The van der Waals surface area contributed by atoms with Gasteiger partial charge in [-0.1, -0.05) is 0 Å². The molecule has 0 aromatic heterocycles. The Morgan fingerprint density at radius 3 is 2.22 bits per heavy atom. The highest BCUT2D eigenvalue weighted by atomic mass is 32.2. The number of methoxy groups -OCH3 is 1. The van der Waals surface area contributed by atoms with Crippen molar-refractivity contribution in [1.82, 2.24) is 0 Å². The van der Waals surface area contributed by atoms with Gasteiger partial charge in [0, 0.05) is 16.7 Å². The Balaban J connectivity index is 1.96. The summed E-state index contributed by atoms with van der Waals surface area (Å²) in [6.07, 6.45) is 1.55. The Bertz CT molecular complexity index is 933. The Morgan fingerprint density at radius 1 is 1.07 bits per heavy atom. The van der Waals surface area contributed by atoms with Crippen molar-refractivity contribution < 1.29 is 22.7 Å². The first-order valence-electron chi connectivity index (χ1n) is 8.55. The number of hydrogen-bond acceptors (Lipinski definition) is 5. The molecule has 27 heavy (non-hydrogen) atoms. The number of rotatable bonds is 6. The number of carbonyl (C=O) groups excluding carboxylic acids is 1. The topological polar surface area (TPSA) is 72.9 Å². The second-order valence-electron chi connectivity index (χ2n) is 6.06. The van der Waals surface area contributed by atoms with E-state index in [1.54, 1.807) is 61.7 Å². The van der Waals surface area contributed by atoms with Crippen LogP contribution in [0.3, 0.4) is 0 Å². The number of ether oxygens (including phenoxy) is 2. The lowest BCUT2D eigenvalue weighted by atomic mass is 10.1. The van der Waals surface area contributed by atoms with Gasteiger partial charge in [0.05, 0.1) is 25.5 Å². The second-order valence-corrected chi connectivity index (χ2v) is 7.99. The molecule has 142 valence electrons. The van der Waals surface area contributed by atoms with Gasteiger partial charge < -0.3 is 14.4 Å². The van der Waals surface area contributed by atoms with Crippen molar-refractivity contribution in [2.45, 2.75) is 13.0 Å². The average molecular weight is 387 g/mol. The molecule has 1 aliphatic heterocycles. The predicted molar refractivity (Wildman–Crippen MR) is 104 cm³/mol. The van der Waals surface area contributed by atoms with E-state index in [4.69, 9.17) is 9.47 Å². The summed E-state index contributed by atoms with van der Waals surface area (Å²) in [4.78, 5) is 14.7. The van der Waals surface area contributed by atoms with Crippen molar-refractivity contribution in [2.75, 3.05) is 24.4 Å². The molecule has 3 rings (SSSR count). The summed E-state index contributed by atoms with van der Waals surface area (Å²) >= 11 is 0. The van der Waals surface area contributed by atoms with Gasteiger partial charge in [0.1, 0.15) is 11.5 Å². The zero-order chi connectivity index (χ0) is 19.4. The van der Waals surface area contributed by atoms with E-state index in [9.17, 15) is 13.2 Å². The molecule has 0 fully saturated rings. The monoisotopic (exact) mass is 387 g/mol. The fourth-order valence-electron chi connectivity index (χ4n) is 2.92. The van der Waals surface area contributed by atoms with Gasteiger partial charge in [0.15, 0.2) is 9.84 Å². The summed E-state index contributed by atoms with van der Waals surface area (Å²) in [6.45, 7) is 2.43. The van der Waals surface area contributed by atoms with Crippen molar-refractivity contribution in [1.29, 1.82) is 0 Å². The maximum Gasteiger partial charge on any atom is 0.258 e. The van der Waals surface area contributed by atoms with Crippen molar-refractivity contribution >= 4 is 21.4 Å². The summed E-state index contributed by atoms with van der Waals surface area (Å²) < 4.78 is 34.4. The lowest BCUT2D eigenvalue weighted by molar-refractivity contribution is 0.0983. The third kappa shape index (κ3) is 4.31. The van der Waals surface area contributed by atoms with Crippen LogP contribution in [0.5, 0.6) is 11.5 Å². The Hall–Kier alpha value is -2.80. The third-order valence-electron chi connectivity index (χ3n) is 4.22. The minimum absolute atomic E-state index is 0.137. The molecule has 7 heteroatoms. The summed E-state index contributed by atoms with van der Waals surface area (Å²) in [5, 5.41) is 1.17. The number of nitrogens with zero attached hydrogens (tertiary/aromatic N) is 1. The maximum absolute atomic E-state index is 13.2. The van der Waals surface area contributed by atoms with E-state index in [0.29, 0.717) is 29.4 Å². The molecule has 0 spiro atoms. The highest BCUT2D eigenvalue weighted by Crippen LogP contribution is 2.27. The maximum atomic E-state index is 13.2. The number of anilines is 1. The average Bonchev–Trinajstić information content (AvgIpc) is 3.03. The van der Waals surface area contributed by atoms with Crippen molar-refractivity contribution in [2.24, 2.45) is 0 Å². The van der Waals surface area contributed by atoms with Crippen LogP contribution in [-0.4, -0.2) is 39.8 Å². The van der Waals surface area contributed by atoms with Crippen LogP contribution in [-0.2, 0) is 9.84 Å². The van der Waals surface area contributed by atoms with E-state index in [1.807, 2.05) is 6.92 Å². The molecular weight excluding hydrogens is 366 g/mol. The molecular formula is C20H21NO5S. The molecule has 0 aliphatic carbocycles.